The number of amides is 4. The molecule has 0 aliphatic carbocycles. The zero-order valence-electron chi connectivity index (χ0n) is 17.3. The fourth-order valence-electron chi connectivity index (χ4n) is 4.14. The Bertz CT molecular complexity index is 1090. The van der Waals surface area contributed by atoms with Gasteiger partial charge < -0.3 is 16.0 Å². The zero-order chi connectivity index (χ0) is 22.8. The molecule has 8 nitrogen and oxygen atoms in total. The van der Waals surface area contributed by atoms with Crippen LogP contribution >= 0.6 is 11.6 Å². The number of imide groups is 1. The van der Waals surface area contributed by atoms with Gasteiger partial charge in [0.15, 0.2) is 0 Å². The zero-order valence-corrected chi connectivity index (χ0v) is 18.0. The molecule has 2 aromatic rings. The standard InChI is InChI=1S/C23H23ClN4O4/c24-16-4-2-14(3-5-16)18(10-25)21(30)26-11-13-1-6-17-15(9-13)12-28(23(17)32)19-7-8-20(29)27-22(19)31/h1-6,9,18-19H,7-8,10-12,25H2,(H,26,30)(H,27,29,31)/t18-,19?/m0/s1. The summed E-state index contributed by atoms with van der Waals surface area (Å²) >= 11 is 5.91. The highest BCUT2D eigenvalue weighted by Crippen LogP contribution is 2.28. The monoisotopic (exact) mass is 454 g/mol. The number of carbonyl (C=O) groups excluding carboxylic acids is 4. The summed E-state index contributed by atoms with van der Waals surface area (Å²) in [5.74, 6) is -1.67. The van der Waals surface area contributed by atoms with Crippen LogP contribution in [0.1, 0.15) is 45.8 Å². The number of piperidine rings is 1. The van der Waals surface area contributed by atoms with E-state index in [9.17, 15) is 19.2 Å². The summed E-state index contributed by atoms with van der Waals surface area (Å²) < 4.78 is 0. The first-order valence-electron chi connectivity index (χ1n) is 10.4. The van der Waals surface area contributed by atoms with Crippen molar-refractivity contribution in [2.75, 3.05) is 6.54 Å². The second-order valence-corrected chi connectivity index (χ2v) is 8.39. The molecule has 2 heterocycles. The lowest BCUT2D eigenvalue weighted by Gasteiger charge is -2.29. The molecule has 166 valence electrons. The Morgan fingerprint density at radius 2 is 1.94 bits per heavy atom. The summed E-state index contributed by atoms with van der Waals surface area (Å²) in [4.78, 5) is 50.5. The maximum Gasteiger partial charge on any atom is 0.255 e. The number of nitrogens with two attached hydrogens (primary N) is 1. The number of carbonyl (C=O) groups is 4. The minimum Gasteiger partial charge on any atom is -0.351 e. The summed E-state index contributed by atoms with van der Waals surface area (Å²) in [6.07, 6.45) is 0.530. The number of rotatable bonds is 6. The van der Waals surface area contributed by atoms with Crippen LogP contribution in [-0.2, 0) is 27.5 Å². The first-order chi connectivity index (χ1) is 15.4. The maximum atomic E-state index is 12.8. The van der Waals surface area contributed by atoms with E-state index in [2.05, 4.69) is 10.6 Å². The molecule has 0 spiro atoms. The molecule has 4 rings (SSSR count). The van der Waals surface area contributed by atoms with Gasteiger partial charge in [0.25, 0.3) is 5.91 Å². The van der Waals surface area contributed by atoms with Crippen molar-refractivity contribution in [2.24, 2.45) is 5.73 Å². The number of hydrogen-bond donors (Lipinski definition) is 3. The van der Waals surface area contributed by atoms with Crippen molar-refractivity contribution < 1.29 is 19.2 Å². The Morgan fingerprint density at radius 1 is 1.19 bits per heavy atom. The lowest BCUT2D eigenvalue weighted by Crippen LogP contribution is -2.52. The minimum atomic E-state index is -0.652. The van der Waals surface area contributed by atoms with Gasteiger partial charge >= 0.3 is 0 Å². The molecular formula is C23H23ClN4O4. The van der Waals surface area contributed by atoms with E-state index in [1.54, 1.807) is 36.4 Å². The molecule has 2 aliphatic heterocycles. The number of benzene rings is 2. The van der Waals surface area contributed by atoms with Crippen LogP contribution in [0.15, 0.2) is 42.5 Å². The van der Waals surface area contributed by atoms with Crippen LogP contribution in [0.25, 0.3) is 0 Å². The first-order valence-corrected chi connectivity index (χ1v) is 10.7. The van der Waals surface area contributed by atoms with Gasteiger partial charge in [-0.3, -0.25) is 24.5 Å². The van der Waals surface area contributed by atoms with Gasteiger partial charge in [-0.25, -0.2) is 0 Å². The Balaban J connectivity index is 1.42. The summed E-state index contributed by atoms with van der Waals surface area (Å²) in [6.45, 7) is 0.730. The van der Waals surface area contributed by atoms with E-state index in [-0.39, 0.29) is 37.2 Å². The molecular weight excluding hydrogens is 432 g/mol. The molecule has 0 saturated carbocycles. The van der Waals surface area contributed by atoms with Crippen molar-refractivity contribution in [1.82, 2.24) is 15.5 Å². The molecule has 32 heavy (non-hydrogen) atoms. The van der Waals surface area contributed by atoms with Crippen LogP contribution in [0.5, 0.6) is 0 Å². The molecule has 2 aliphatic rings. The normalized spacial score (nSPS) is 18.9. The van der Waals surface area contributed by atoms with Gasteiger partial charge in [0.2, 0.25) is 17.7 Å². The van der Waals surface area contributed by atoms with Gasteiger partial charge in [-0.2, -0.15) is 0 Å². The van der Waals surface area contributed by atoms with Crippen molar-refractivity contribution in [1.29, 1.82) is 0 Å². The highest BCUT2D eigenvalue weighted by molar-refractivity contribution is 6.30. The topological polar surface area (TPSA) is 122 Å². The second kappa shape index (κ2) is 9.10. The quantitative estimate of drug-likeness (QED) is 0.570. The third kappa shape index (κ3) is 4.37. The van der Waals surface area contributed by atoms with Crippen LogP contribution in [0, 0.1) is 0 Å². The Labute approximate surface area is 190 Å². The van der Waals surface area contributed by atoms with Gasteiger partial charge in [-0.05, 0) is 41.3 Å². The largest absolute Gasteiger partial charge is 0.351 e. The minimum absolute atomic E-state index is 0.160. The predicted molar refractivity (Wildman–Crippen MR) is 118 cm³/mol. The smallest absolute Gasteiger partial charge is 0.255 e. The first kappa shape index (κ1) is 22.0. The Morgan fingerprint density at radius 3 is 2.62 bits per heavy atom. The Hall–Kier alpha value is -3.23. The predicted octanol–water partition coefficient (Wildman–Crippen LogP) is 1.46. The van der Waals surface area contributed by atoms with Crippen LogP contribution in [0.2, 0.25) is 5.02 Å². The Kier molecular flexibility index (Phi) is 6.25. The summed E-state index contributed by atoms with van der Waals surface area (Å²) in [7, 11) is 0. The molecule has 1 saturated heterocycles. The molecule has 1 unspecified atom stereocenters. The second-order valence-electron chi connectivity index (χ2n) is 7.95. The SMILES string of the molecule is NC[C@H](C(=O)NCc1ccc2c(c1)CN(C1CCC(=O)NC1=O)C2=O)c1ccc(Cl)cc1. The average molecular weight is 455 g/mol. The molecule has 0 radical (unpaired) electrons. The number of halogens is 1. The van der Waals surface area contributed by atoms with Crippen LogP contribution in [-0.4, -0.2) is 41.1 Å². The number of nitrogens with one attached hydrogen (secondary N) is 2. The summed E-state index contributed by atoms with van der Waals surface area (Å²) in [5.41, 5.74) is 8.76. The van der Waals surface area contributed by atoms with Gasteiger partial charge in [0.05, 0.1) is 5.92 Å². The van der Waals surface area contributed by atoms with E-state index in [4.69, 9.17) is 17.3 Å². The number of nitrogens with zero attached hydrogens (tertiary/aromatic N) is 1. The van der Waals surface area contributed by atoms with E-state index in [1.807, 2.05) is 6.07 Å². The van der Waals surface area contributed by atoms with Crippen molar-refractivity contribution in [3.05, 3.63) is 69.7 Å². The van der Waals surface area contributed by atoms with Gasteiger partial charge in [-0.1, -0.05) is 35.9 Å². The molecule has 4 amide bonds. The van der Waals surface area contributed by atoms with Crippen molar-refractivity contribution >= 4 is 35.2 Å². The molecule has 2 aromatic carbocycles. The molecule has 1 fully saturated rings. The van der Waals surface area contributed by atoms with Crippen molar-refractivity contribution in [2.45, 2.75) is 37.9 Å². The van der Waals surface area contributed by atoms with Gasteiger partial charge in [0, 0.05) is 36.6 Å². The summed E-state index contributed by atoms with van der Waals surface area (Å²) in [6, 6.07) is 11.7. The average Bonchev–Trinajstić information content (AvgIpc) is 3.09. The molecule has 2 atom stereocenters. The van der Waals surface area contributed by atoms with E-state index < -0.39 is 17.9 Å². The van der Waals surface area contributed by atoms with E-state index in [0.29, 0.717) is 23.6 Å². The summed E-state index contributed by atoms with van der Waals surface area (Å²) in [5, 5.41) is 5.78. The van der Waals surface area contributed by atoms with Gasteiger partial charge in [-0.15, -0.1) is 0 Å². The van der Waals surface area contributed by atoms with Crippen LogP contribution in [0.4, 0.5) is 0 Å². The molecule has 0 bridgehead atoms. The molecule has 9 heteroatoms. The molecule has 0 aromatic heterocycles. The lowest BCUT2D eigenvalue weighted by molar-refractivity contribution is -0.137. The third-order valence-corrected chi connectivity index (χ3v) is 6.13. The number of hydrogen-bond acceptors (Lipinski definition) is 5. The van der Waals surface area contributed by atoms with Crippen molar-refractivity contribution in [3.8, 4) is 0 Å². The molecule has 4 N–H and O–H groups in total. The highest BCUT2D eigenvalue weighted by Gasteiger charge is 2.39. The van der Waals surface area contributed by atoms with Gasteiger partial charge in [0.1, 0.15) is 6.04 Å². The van der Waals surface area contributed by atoms with Crippen LogP contribution < -0.4 is 16.4 Å². The maximum absolute atomic E-state index is 12.8. The number of fused-ring (bicyclic) bond motifs is 1. The van der Waals surface area contributed by atoms with E-state index in [1.165, 1.54) is 4.90 Å². The fraction of sp³-hybridized carbons (Fsp3) is 0.304. The third-order valence-electron chi connectivity index (χ3n) is 5.88. The van der Waals surface area contributed by atoms with Crippen LogP contribution in [0.3, 0.4) is 0 Å². The van der Waals surface area contributed by atoms with E-state index >= 15 is 0 Å². The highest BCUT2D eigenvalue weighted by atomic mass is 35.5. The lowest BCUT2D eigenvalue weighted by atomic mass is 9.98. The van der Waals surface area contributed by atoms with Crippen molar-refractivity contribution in [3.63, 3.8) is 0 Å². The van der Waals surface area contributed by atoms with E-state index in [0.717, 1.165) is 16.7 Å². The fourth-order valence-corrected chi connectivity index (χ4v) is 4.27.